The lowest BCUT2D eigenvalue weighted by molar-refractivity contribution is 0.461. The van der Waals surface area contributed by atoms with Crippen LogP contribution in [0, 0.1) is 0 Å². The summed E-state index contributed by atoms with van der Waals surface area (Å²) in [6.07, 6.45) is 3.16. The van der Waals surface area contributed by atoms with Crippen LogP contribution in [0.15, 0.2) is 16.6 Å². The van der Waals surface area contributed by atoms with E-state index in [1.54, 1.807) is 0 Å². The van der Waals surface area contributed by atoms with Gasteiger partial charge in [-0.05, 0) is 42.0 Å². The molecule has 0 saturated heterocycles. The van der Waals surface area contributed by atoms with Crippen LogP contribution in [0.2, 0.25) is 0 Å². The molecule has 0 radical (unpaired) electrons. The Balaban J connectivity index is 3.07. The Bertz CT molecular complexity index is 334. The second-order valence-corrected chi connectivity index (χ2v) is 4.92. The molecule has 1 rings (SSSR count). The van der Waals surface area contributed by atoms with Crippen LogP contribution in [0.1, 0.15) is 50.7 Å². The van der Waals surface area contributed by atoms with Crippen LogP contribution >= 0.6 is 15.9 Å². The number of aromatic hydroxyl groups is 1. The summed E-state index contributed by atoms with van der Waals surface area (Å²) in [4.78, 5) is 0. The lowest BCUT2D eigenvalue weighted by Gasteiger charge is -2.14. The van der Waals surface area contributed by atoms with Gasteiger partial charge in [0.25, 0.3) is 0 Å². The SMILES string of the molecule is CCCc1cc(O)c(C(C)CC)cc1Br. The molecule has 0 fully saturated rings. The Morgan fingerprint density at radius 2 is 2.00 bits per heavy atom. The van der Waals surface area contributed by atoms with Crippen molar-refractivity contribution >= 4 is 15.9 Å². The highest BCUT2D eigenvalue weighted by Gasteiger charge is 2.11. The van der Waals surface area contributed by atoms with Gasteiger partial charge in [-0.1, -0.05) is 43.1 Å². The monoisotopic (exact) mass is 270 g/mol. The van der Waals surface area contributed by atoms with Crippen molar-refractivity contribution in [1.29, 1.82) is 0 Å². The molecule has 0 aliphatic carbocycles. The Kier molecular flexibility index (Phi) is 4.65. The van der Waals surface area contributed by atoms with Crippen LogP contribution in [-0.4, -0.2) is 5.11 Å². The first kappa shape index (κ1) is 12.6. The molecule has 0 amide bonds. The van der Waals surface area contributed by atoms with Crippen LogP contribution in [0.25, 0.3) is 0 Å². The molecule has 0 aliphatic rings. The summed E-state index contributed by atoms with van der Waals surface area (Å²) < 4.78 is 1.12. The molecule has 1 aromatic carbocycles. The number of phenolic OH excluding ortho intramolecular Hbond substituents is 1. The maximum atomic E-state index is 9.92. The van der Waals surface area contributed by atoms with Crippen molar-refractivity contribution in [2.45, 2.75) is 46.0 Å². The minimum absolute atomic E-state index is 0.414. The smallest absolute Gasteiger partial charge is 0.119 e. The van der Waals surface area contributed by atoms with Gasteiger partial charge in [-0.15, -0.1) is 0 Å². The number of hydrogen-bond donors (Lipinski definition) is 1. The van der Waals surface area contributed by atoms with E-state index in [2.05, 4.69) is 42.8 Å². The van der Waals surface area contributed by atoms with Gasteiger partial charge in [0.05, 0.1) is 0 Å². The first-order chi connectivity index (χ1) is 7.10. The number of halogens is 1. The molecule has 1 atom stereocenters. The van der Waals surface area contributed by atoms with Crippen LogP contribution < -0.4 is 0 Å². The van der Waals surface area contributed by atoms with E-state index < -0.39 is 0 Å². The van der Waals surface area contributed by atoms with E-state index in [9.17, 15) is 5.11 Å². The van der Waals surface area contributed by atoms with Crippen molar-refractivity contribution in [2.75, 3.05) is 0 Å². The van der Waals surface area contributed by atoms with Crippen LogP contribution in [0.5, 0.6) is 5.75 Å². The minimum atomic E-state index is 0.414. The molecule has 84 valence electrons. The van der Waals surface area contributed by atoms with Crippen LogP contribution in [-0.2, 0) is 6.42 Å². The zero-order chi connectivity index (χ0) is 11.4. The summed E-state index contributed by atoms with van der Waals surface area (Å²) >= 11 is 3.57. The third kappa shape index (κ3) is 2.97. The van der Waals surface area contributed by atoms with Crippen molar-refractivity contribution in [2.24, 2.45) is 0 Å². The van der Waals surface area contributed by atoms with E-state index >= 15 is 0 Å². The Hall–Kier alpha value is -0.500. The predicted molar refractivity (Wildman–Crippen MR) is 68.5 cm³/mol. The van der Waals surface area contributed by atoms with Gasteiger partial charge in [0.15, 0.2) is 0 Å². The van der Waals surface area contributed by atoms with E-state index in [4.69, 9.17) is 0 Å². The molecule has 1 aromatic rings. The van der Waals surface area contributed by atoms with E-state index in [-0.39, 0.29) is 0 Å². The standard InChI is InChI=1S/C13H19BrO/c1-4-6-10-7-13(15)11(8-12(10)14)9(3)5-2/h7-9,15H,4-6H2,1-3H3. The van der Waals surface area contributed by atoms with Crippen molar-refractivity contribution in [3.05, 3.63) is 27.7 Å². The Labute approximate surface area is 101 Å². The molecule has 1 N–H and O–H groups in total. The van der Waals surface area contributed by atoms with Gasteiger partial charge in [0.2, 0.25) is 0 Å². The van der Waals surface area contributed by atoms with Gasteiger partial charge in [-0.2, -0.15) is 0 Å². The van der Waals surface area contributed by atoms with Gasteiger partial charge in [-0.25, -0.2) is 0 Å². The molecule has 0 aromatic heterocycles. The third-order valence-electron chi connectivity index (χ3n) is 2.86. The summed E-state index contributed by atoms with van der Waals surface area (Å²) in [7, 11) is 0. The van der Waals surface area contributed by atoms with Gasteiger partial charge >= 0.3 is 0 Å². The zero-order valence-electron chi connectivity index (χ0n) is 9.68. The average Bonchev–Trinajstić information content (AvgIpc) is 2.22. The largest absolute Gasteiger partial charge is 0.508 e. The molecule has 0 bridgehead atoms. The molecule has 1 unspecified atom stereocenters. The number of rotatable bonds is 4. The van der Waals surface area contributed by atoms with E-state index in [0.29, 0.717) is 11.7 Å². The topological polar surface area (TPSA) is 20.2 Å². The maximum Gasteiger partial charge on any atom is 0.119 e. The summed E-state index contributed by atoms with van der Waals surface area (Å²) in [5, 5.41) is 9.92. The highest BCUT2D eigenvalue weighted by molar-refractivity contribution is 9.10. The van der Waals surface area contributed by atoms with Crippen LogP contribution in [0.3, 0.4) is 0 Å². The van der Waals surface area contributed by atoms with Crippen molar-refractivity contribution < 1.29 is 5.11 Å². The lowest BCUT2D eigenvalue weighted by atomic mass is 9.95. The Morgan fingerprint density at radius 1 is 1.33 bits per heavy atom. The lowest BCUT2D eigenvalue weighted by Crippen LogP contribution is -1.95. The van der Waals surface area contributed by atoms with Crippen molar-refractivity contribution in [3.63, 3.8) is 0 Å². The second kappa shape index (κ2) is 5.55. The number of aryl methyl sites for hydroxylation is 1. The van der Waals surface area contributed by atoms with Gasteiger partial charge in [-0.3, -0.25) is 0 Å². The quantitative estimate of drug-likeness (QED) is 0.847. The predicted octanol–water partition coefficient (Wildman–Crippen LogP) is 4.62. The molecule has 15 heavy (non-hydrogen) atoms. The summed E-state index contributed by atoms with van der Waals surface area (Å²) in [6.45, 7) is 6.42. The molecule has 1 nitrogen and oxygen atoms in total. The highest BCUT2D eigenvalue weighted by atomic mass is 79.9. The fourth-order valence-corrected chi connectivity index (χ4v) is 2.26. The van der Waals surface area contributed by atoms with Gasteiger partial charge < -0.3 is 5.11 Å². The molecule has 0 heterocycles. The summed E-state index contributed by atoms with van der Waals surface area (Å²) in [5.41, 5.74) is 2.24. The van der Waals surface area contributed by atoms with Gasteiger partial charge in [0.1, 0.15) is 5.75 Å². The fraction of sp³-hybridized carbons (Fsp3) is 0.538. The normalized spacial score (nSPS) is 12.8. The van der Waals surface area contributed by atoms with E-state index in [0.717, 1.165) is 29.3 Å². The summed E-state index contributed by atoms with van der Waals surface area (Å²) in [6, 6.07) is 3.96. The molecule has 0 spiro atoms. The minimum Gasteiger partial charge on any atom is -0.508 e. The number of phenols is 1. The zero-order valence-corrected chi connectivity index (χ0v) is 11.3. The first-order valence-corrected chi connectivity index (χ1v) is 6.40. The number of hydrogen-bond acceptors (Lipinski definition) is 1. The number of benzene rings is 1. The van der Waals surface area contributed by atoms with Crippen LogP contribution in [0.4, 0.5) is 0 Å². The van der Waals surface area contributed by atoms with E-state index in [1.807, 2.05) is 6.07 Å². The second-order valence-electron chi connectivity index (χ2n) is 4.06. The molecule has 0 saturated carbocycles. The third-order valence-corrected chi connectivity index (χ3v) is 3.60. The van der Waals surface area contributed by atoms with E-state index in [1.165, 1.54) is 5.56 Å². The van der Waals surface area contributed by atoms with Crippen molar-refractivity contribution in [1.82, 2.24) is 0 Å². The Morgan fingerprint density at radius 3 is 2.53 bits per heavy atom. The summed E-state index contributed by atoms with van der Waals surface area (Å²) in [5.74, 6) is 0.855. The average molecular weight is 271 g/mol. The molecule has 0 aliphatic heterocycles. The maximum absolute atomic E-state index is 9.92. The highest BCUT2D eigenvalue weighted by Crippen LogP contribution is 2.33. The molecule has 2 heteroatoms. The van der Waals surface area contributed by atoms with Gasteiger partial charge in [0, 0.05) is 4.47 Å². The first-order valence-electron chi connectivity index (χ1n) is 5.61. The fourth-order valence-electron chi connectivity index (χ4n) is 1.70. The molecular formula is C13H19BrO. The molecular weight excluding hydrogens is 252 g/mol. The van der Waals surface area contributed by atoms with Crippen molar-refractivity contribution in [3.8, 4) is 5.75 Å².